The van der Waals surface area contributed by atoms with Gasteiger partial charge in [-0.2, -0.15) is 0 Å². The monoisotopic (exact) mass is 326 g/mol. The molecule has 0 radical (unpaired) electrons. The lowest BCUT2D eigenvalue weighted by molar-refractivity contribution is -0.154. The Bertz CT molecular complexity index is 408. The van der Waals surface area contributed by atoms with E-state index in [9.17, 15) is 9.59 Å². The van der Waals surface area contributed by atoms with Gasteiger partial charge in [-0.25, -0.2) is 0 Å². The second-order valence-corrected chi connectivity index (χ2v) is 6.99. The summed E-state index contributed by atoms with van der Waals surface area (Å²) in [6.07, 6.45) is 8.69. The molecule has 3 unspecified atom stereocenters. The molecule has 132 valence electrons. The van der Waals surface area contributed by atoms with Crippen LogP contribution in [0.15, 0.2) is 0 Å². The van der Waals surface area contributed by atoms with Crippen molar-refractivity contribution in [1.82, 2.24) is 0 Å². The standard InChI is InChI=1S/C18H30O5/c1-3-16(19)22-9-10-23-18-8-4-5-14(12-18)11-15(13-18)6-7-17(20)21-2/h14-15H,3-13H2,1-2H3. The maximum atomic E-state index is 11.4. The van der Waals surface area contributed by atoms with E-state index in [0.717, 1.165) is 25.7 Å². The van der Waals surface area contributed by atoms with Crippen LogP contribution in [0.1, 0.15) is 64.7 Å². The molecule has 0 aliphatic heterocycles. The third-order valence-electron chi connectivity index (χ3n) is 5.26. The molecule has 0 aromatic carbocycles. The molecular formula is C18H30O5. The number of rotatable bonds is 8. The zero-order chi connectivity index (χ0) is 16.7. The minimum Gasteiger partial charge on any atom is -0.469 e. The van der Waals surface area contributed by atoms with E-state index in [-0.39, 0.29) is 17.5 Å². The van der Waals surface area contributed by atoms with Crippen LogP contribution in [-0.4, -0.2) is 37.9 Å². The van der Waals surface area contributed by atoms with Gasteiger partial charge in [0.25, 0.3) is 0 Å². The van der Waals surface area contributed by atoms with Crippen LogP contribution < -0.4 is 0 Å². The van der Waals surface area contributed by atoms with Gasteiger partial charge in [-0.3, -0.25) is 9.59 Å². The summed E-state index contributed by atoms with van der Waals surface area (Å²) in [6.45, 7) is 2.61. The average molecular weight is 326 g/mol. The van der Waals surface area contributed by atoms with Crippen molar-refractivity contribution < 1.29 is 23.8 Å². The summed E-state index contributed by atoms with van der Waals surface area (Å²) in [4.78, 5) is 22.6. The minimum atomic E-state index is -0.174. The van der Waals surface area contributed by atoms with E-state index < -0.39 is 0 Å². The van der Waals surface area contributed by atoms with E-state index >= 15 is 0 Å². The van der Waals surface area contributed by atoms with Gasteiger partial charge in [-0.05, 0) is 43.9 Å². The number of fused-ring (bicyclic) bond motifs is 2. The molecule has 5 nitrogen and oxygen atoms in total. The van der Waals surface area contributed by atoms with Gasteiger partial charge in [0.05, 0.1) is 19.3 Å². The SMILES string of the molecule is CCC(=O)OCCOC12CCCC(CC(CCC(=O)OC)C1)C2. The molecule has 2 saturated carbocycles. The number of hydrogen-bond donors (Lipinski definition) is 0. The van der Waals surface area contributed by atoms with Gasteiger partial charge in [0, 0.05) is 12.8 Å². The molecule has 2 fully saturated rings. The lowest BCUT2D eigenvalue weighted by Crippen LogP contribution is -2.45. The van der Waals surface area contributed by atoms with Crippen LogP contribution in [0.2, 0.25) is 0 Å². The highest BCUT2D eigenvalue weighted by Gasteiger charge is 2.43. The summed E-state index contributed by atoms with van der Waals surface area (Å²) < 4.78 is 16.1. The molecule has 0 amide bonds. The smallest absolute Gasteiger partial charge is 0.305 e. The Hall–Kier alpha value is -1.10. The fourth-order valence-corrected chi connectivity index (χ4v) is 4.26. The Kier molecular flexibility index (Phi) is 6.88. The van der Waals surface area contributed by atoms with Crippen molar-refractivity contribution in [1.29, 1.82) is 0 Å². The zero-order valence-corrected chi connectivity index (χ0v) is 14.5. The molecule has 2 aliphatic rings. The van der Waals surface area contributed by atoms with Crippen LogP contribution in [0.5, 0.6) is 0 Å². The molecule has 2 rings (SSSR count). The summed E-state index contributed by atoms with van der Waals surface area (Å²) in [5.41, 5.74) is -0.0689. The maximum absolute atomic E-state index is 11.4. The second-order valence-electron chi connectivity index (χ2n) is 6.99. The van der Waals surface area contributed by atoms with E-state index in [1.165, 1.54) is 26.4 Å². The lowest BCUT2D eigenvalue weighted by atomic mass is 9.64. The first-order valence-corrected chi connectivity index (χ1v) is 8.93. The first-order chi connectivity index (χ1) is 11.1. The summed E-state index contributed by atoms with van der Waals surface area (Å²) >= 11 is 0. The largest absolute Gasteiger partial charge is 0.469 e. The van der Waals surface area contributed by atoms with Gasteiger partial charge >= 0.3 is 11.9 Å². The second kappa shape index (κ2) is 8.67. The van der Waals surface area contributed by atoms with Crippen LogP contribution in [-0.2, 0) is 23.8 Å². The molecule has 0 N–H and O–H groups in total. The normalized spacial score (nSPS) is 29.8. The molecule has 0 aromatic heterocycles. The minimum absolute atomic E-state index is 0.0689. The third kappa shape index (κ3) is 5.48. The van der Waals surface area contributed by atoms with E-state index in [2.05, 4.69) is 0 Å². The van der Waals surface area contributed by atoms with Crippen molar-refractivity contribution in [2.75, 3.05) is 20.3 Å². The Labute approximate surface area is 139 Å². The van der Waals surface area contributed by atoms with Crippen molar-refractivity contribution in [2.24, 2.45) is 11.8 Å². The van der Waals surface area contributed by atoms with Crippen molar-refractivity contribution >= 4 is 11.9 Å². The summed E-state index contributed by atoms with van der Waals surface area (Å²) in [5, 5.41) is 0. The van der Waals surface area contributed by atoms with E-state index in [1.54, 1.807) is 6.92 Å². The molecule has 23 heavy (non-hydrogen) atoms. The molecule has 3 atom stereocenters. The number of hydrogen-bond acceptors (Lipinski definition) is 5. The number of ether oxygens (including phenoxy) is 3. The van der Waals surface area contributed by atoms with Crippen LogP contribution in [0.3, 0.4) is 0 Å². The van der Waals surface area contributed by atoms with Gasteiger partial charge in [0.2, 0.25) is 0 Å². The summed E-state index contributed by atoms with van der Waals surface area (Å²) in [6, 6.07) is 0. The fraction of sp³-hybridized carbons (Fsp3) is 0.889. The Balaban J connectivity index is 1.82. The van der Waals surface area contributed by atoms with Crippen molar-refractivity contribution in [3.8, 4) is 0 Å². The molecule has 2 bridgehead atoms. The molecule has 0 spiro atoms. The maximum Gasteiger partial charge on any atom is 0.305 e. The van der Waals surface area contributed by atoms with Crippen molar-refractivity contribution in [3.05, 3.63) is 0 Å². The van der Waals surface area contributed by atoms with Gasteiger partial charge in [0.1, 0.15) is 6.61 Å². The zero-order valence-electron chi connectivity index (χ0n) is 14.5. The van der Waals surface area contributed by atoms with Crippen LogP contribution in [0.4, 0.5) is 0 Å². The highest BCUT2D eigenvalue weighted by Crippen LogP contribution is 2.48. The topological polar surface area (TPSA) is 61.8 Å². The molecule has 0 saturated heterocycles. The fourth-order valence-electron chi connectivity index (χ4n) is 4.26. The predicted molar refractivity (Wildman–Crippen MR) is 85.9 cm³/mol. The van der Waals surface area contributed by atoms with E-state index in [0.29, 0.717) is 37.9 Å². The number of carbonyl (C=O) groups is 2. The first-order valence-electron chi connectivity index (χ1n) is 8.93. The average Bonchev–Trinajstić information content (AvgIpc) is 2.56. The van der Waals surface area contributed by atoms with Crippen molar-refractivity contribution in [3.63, 3.8) is 0 Å². The Morgan fingerprint density at radius 1 is 1.17 bits per heavy atom. The molecular weight excluding hydrogens is 296 g/mol. The number of esters is 2. The molecule has 0 aromatic rings. The quantitative estimate of drug-likeness (QED) is 0.506. The summed E-state index contributed by atoms with van der Waals surface area (Å²) in [5.74, 6) is 0.944. The van der Waals surface area contributed by atoms with E-state index in [4.69, 9.17) is 14.2 Å². The van der Waals surface area contributed by atoms with Gasteiger partial charge in [-0.15, -0.1) is 0 Å². The lowest BCUT2D eigenvalue weighted by Gasteiger charge is -2.48. The van der Waals surface area contributed by atoms with Gasteiger partial charge in [-0.1, -0.05) is 19.8 Å². The third-order valence-corrected chi connectivity index (χ3v) is 5.26. The van der Waals surface area contributed by atoms with Gasteiger partial charge in [0.15, 0.2) is 0 Å². The first kappa shape index (κ1) is 18.2. The van der Waals surface area contributed by atoms with Crippen LogP contribution >= 0.6 is 0 Å². The predicted octanol–water partition coefficient (Wildman–Crippen LogP) is 3.25. The molecule has 0 heterocycles. The Morgan fingerprint density at radius 2 is 2.00 bits per heavy atom. The van der Waals surface area contributed by atoms with Crippen molar-refractivity contribution in [2.45, 2.75) is 70.3 Å². The van der Waals surface area contributed by atoms with Gasteiger partial charge < -0.3 is 14.2 Å². The van der Waals surface area contributed by atoms with Crippen LogP contribution in [0.25, 0.3) is 0 Å². The summed E-state index contributed by atoms with van der Waals surface area (Å²) in [7, 11) is 1.44. The Morgan fingerprint density at radius 3 is 2.74 bits per heavy atom. The molecule has 5 heteroatoms. The highest BCUT2D eigenvalue weighted by molar-refractivity contribution is 5.69. The van der Waals surface area contributed by atoms with Crippen LogP contribution in [0, 0.1) is 11.8 Å². The highest BCUT2D eigenvalue weighted by atomic mass is 16.6. The molecule has 2 aliphatic carbocycles. The number of carbonyl (C=O) groups excluding carboxylic acids is 2. The van der Waals surface area contributed by atoms with E-state index in [1.807, 2.05) is 0 Å². The number of methoxy groups -OCH3 is 1.